The van der Waals surface area contributed by atoms with E-state index in [-0.39, 0.29) is 6.10 Å². The third-order valence-corrected chi connectivity index (χ3v) is 3.81. The molecule has 2 nitrogen and oxygen atoms in total. The summed E-state index contributed by atoms with van der Waals surface area (Å²) in [6.07, 6.45) is 0.654. The van der Waals surface area contributed by atoms with E-state index in [1.54, 1.807) is 6.07 Å². The topological polar surface area (TPSA) is 35.2 Å². The van der Waals surface area contributed by atoms with Crippen LogP contribution in [0.15, 0.2) is 42.5 Å². The Hall–Kier alpha value is -1.22. The molecule has 1 unspecified atom stereocenters. The molecule has 2 rings (SSSR count). The van der Waals surface area contributed by atoms with Gasteiger partial charge in [-0.15, -0.1) is 0 Å². The average molecular weight is 310 g/mol. The molecule has 0 saturated heterocycles. The SMILES string of the molecule is Cc1cc(Cl)c(Cl)cc1OC(CCN)c1ccccc1. The van der Waals surface area contributed by atoms with E-state index >= 15 is 0 Å². The van der Waals surface area contributed by atoms with E-state index in [4.69, 9.17) is 33.7 Å². The van der Waals surface area contributed by atoms with Gasteiger partial charge in [0.1, 0.15) is 11.9 Å². The number of ether oxygens (including phenoxy) is 1. The second-order valence-corrected chi connectivity index (χ2v) is 5.44. The molecule has 0 radical (unpaired) electrons. The predicted octanol–water partition coefficient (Wildman–Crippen LogP) is 4.77. The Morgan fingerprint density at radius 1 is 1.10 bits per heavy atom. The third kappa shape index (κ3) is 3.66. The van der Waals surface area contributed by atoms with Crippen molar-refractivity contribution in [3.05, 3.63) is 63.6 Å². The summed E-state index contributed by atoms with van der Waals surface area (Å²) in [6.45, 7) is 2.50. The Bertz CT molecular complexity index is 572. The Morgan fingerprint density at radius 3 is 2.40 bits per heavy atom. The van der Waals surface area contributed by atoms with Crippen molar-refractivity contribution in [2.24, 2.45) is 5.73 Å². The monoisotopic (exact) mass is 309 g/mol. The largest absolute Gasteiger partial charge is 0.485 e. The fraction of sp³-hybridized carbons (Fsp3) is 0.250. The molecule has 2 aromatic carbocycles. The normalized spacial score (nSPS) is 12.2. The first kappa shape index (κ1) is 15.2. The first-order valence-corrected chi connectivity index (χ1v) is 7.24. The first-order valence-electron chi connectivity index (χ1n) is 6.49. The number of halogens is 2. The Morgan fingerprint density at radius 2 is 1.75 bits per heavy atom. The molecule has 0 amide bonds. The van der Waals surface area contributed by atoms with E-state index < -0.39 is 0 Å². The number of hydrogen-bond donors (Lipinski definition) is 1. The maximum atomic E-state index is 6.08. The van der Waals surface area contributed by atoms with Crippen LogP contribution in [-0.2, 0) is 0 Å². The van der Waals surface area contributed by atoms with Crippen molar-refractivity contribution >= 4 is 23.2 Å². The number of benzene rings is 2. The van der Waals surface area contributed by atoms with Gasteiger partial charge in [-0.25, -0.2) is 0 Å². The van der Waals surface area contributed by atoms with E-state index in [0.717, 1.165) is 23.3 Å². The molecule has 0 fully saturated rings. The highest BCUT2D eigenvalue weighted by Gasteiger charge is 2.14. The zero-order chi connectivity index (χ0) is 14.5. The quantitative estimate of drug-likeness (QED) is 0.863. The van der Waals surface area contributed by atoms with Crippen LogP contribution in [0.4, 0.5) is 0 Å². The summed E-state index contributed by atoms with van der Waals surface area (Å²) >= 11 is 12.0. The Balaban J connectivity index is 2.27. The lowest BCUT2D eigenvalue weighted by Crippen LogP contribution is -2.13. The minimum absolute atomic E-state index is 0.0860. The minimum Gasteiger partial charge on any atom is -0.485 e. The highest BCUT2D eigenvalue weighted by Crippen LogP contribution is 2.33. The second kappa shape index (κ2) is 6.98. The summed E-state index contributed by atoms with van der Waals surface area (Å²) in [6, 6.07) is 13.6. The maximum absolute atomic E-state index is 6.08. The number of hydrogen-bond acceptors (Lipinski definition) is 2. The molecule has 0 aliphatic rings. The van der Waals surface area contributed by atoms with Crippen LogP contribution in [-0.4, -0.2) is 6.54 Å². The molecule has 0 aliphatic heterocycles. The molecule has 1 atom stereocenters. The highest BCUT2D eigenvalue weighted by atomic mass is 35.5. The lowest BCUT2D eigenvalue weighted by molar-refractivity contribution is 0.196. The van der Waals surface area contributed by atoms with Crippen LogP contribution in [0.1, 0.15) is 23.7 Å². The van der Waals surface area contributed by atoms with Gasteiger partial charge >= 0.3 is 0 Å². The van der Waals surface area contributed by atoms with E-state index in [1.807, 2.05) is 43.3 Å². The molecule has 0 aromatic heterocycles. The smallest absolute Gasteiger partial charge is 0.125 e. The number of rotatable bonds is 5. The second-order valence-electron chi connectivity index (χ2n) is 4.63. The molecule has 0 bridgehead atoms. The van der Waals surface area contributed by atoms with Crippen LogP contribution >= 0.6 is 23.2 Å². The maximum Gasteiger partial charge on any atom is 0.125 e. The van der Waals surface area contributed by atoms with Crippen molar-refractivity contribution < 1.29 is 4.74 Å². The number of nitrogens with two attached hydrogens (primary N) is 1. The van der Waals surface area contributed by atoms with Gasteiger partial charge in [0.15, 0.2) is 0 Å². The van der Waals surface area contributed by atoms with Gasteiger partial charge in [-0.05, 0) is 30.7 Å². The fourth-order valence-electron chi connectivity index (χ4n) is 2.02. The molecular formula is C16H17Cl2NO. The van der Waals surface area contributed by atoms with Gasteiger partial charge in [-0.2, -0.15) is 0 Å². The van der Waals surface area contributed by atoms with Gasteiger partial charge in [0.2, 0.25) is 0 Å². The summed E-state index contributed by atoms with van der Waals surface area (Å²) in [5, 5.41) is 1.03. The highest BCUT2D eigenvalue weighted by molar-refractivity contribution is 6.42. The molecule has 0 saturated carbocycles. The van der Waals surface area contributed by atoms with E-state index in [1.165, 1.54) is 0 Å². The average Bonchev–Trinajstić information content (AvgIpc) is 2.45. The summed E-state index contributed by atoms with van der Waals surface area (Å²) in [5.74, 6) is 0.738. The molecule has 4 heteroatoms. The minimum atomic E-state index is -0.0860. The zero-order valence-electron chi connectivity index (χ0n) is 11.3. The van der Waals surface area contributed by atoms with E-state index in [2.05, 4.69) is 0 Å². The molecule has 0 heterocycles. The lowest BCUT2D eigenvalue weighted by atomic mass is 10.1. The van der Waals surface area contributed by atoms with Gasteiger partial charge in [0.05, 0.1) is 10.0 Å². The van der Waals surface area contributed by atoms with Crippen LogP contribution in [0.5, 0.6) is 5.75 Å². The van der Waals surface area contributed by atoms with Gasteiger partial charge in [-0.1, -0.05) is 53.5 Å². The molecule has 106 valence electrons. The van der Waals surface area contributed by atoms with Crippen LogP contribution in [0.25, 0.3) is 0 Å². The van der Waals surface area contributed by atoms with Crippen molar-refractivity contribution in [2.45, 2.75) is 19.4 Å². The Labute approximate surface area is 129 Å². The third-order valence-electron chi connectivity index (χ3n) is 3.09. The van der Waals surface area contributed by atoms with Gasteiger partial charge in [0, 0.05) is 12.5 Å². The molecular weight excluding hydrogens is 293 g/mol. The van der Waals surface area contributed by atoms with Gasteiger partial charge in [-0.3, -0.25) is 0 Å². The zero-order valence-corrected chi connectivity index (χ0v) is 12.8. The van der Waals surface area contributed by atoms with Crippen molar-refractivity contribution in [2.75, 3.05) is 6.54 Å². The van der Waals surface area contributed by atoms with Crippen LogP contribution < -0.4 is 10.5 Å². The molecule has 20 heavy (non-hydrogen) atoms. The predicted molar refractivity (Wildman–Crippen MR) is 84.7 cm³/mol. The van der Waals surface area contributed by atoms with Crippen LogP contribution in [0, 0.1) is 6.92 Å². The van der Waals surface area contributed by atoms with Crippen LogP contribution in [0.2, 0.25) is 10.0 Å². The molecule has 0 aliphatic carbocycles. The molecule has 2 aromatic rings. The summed E-state index contributed by atoms with van der Waals surface area (Å²) in [4.78, 5) is 0. The molecule has 2 N–H and O–H groups in total. The summed E-state index contributed by atoms with van der Waals surface area (Å²) in [7, 11) is 0. The lowest BCUT2D eigenvalue weighted by Gasteiger charge is -2.20. The van der Waals surface area contributed by atoms with Crippen molar-refractivity contribution in [3.63, 3.8) is 0 Å². The van der Waals surface area contributed by atoms with Gasteiger partial charge in [0.25, 0.3) is 0 Å². The van der Waals surface area contributed by atoms with E-state index in [9.17, 15) is 0 Å². The fourth-order valence-corrected chi connectivity index (χ4v) is 2.39. The summed E-state index contributed by atoms with van der Waals surface area (Å²) < 4.78 is 6.08. The van der Waals surface area contributed by atoms with Crippen molar-refractivity contribution in [1.29, 1.82) is 0 Å². The standard InChI is InChI=1S/C16H17Cl2NO/c1-11-9-13(17)14(18)10-16(11)20-15(7-8-19)12-5-3-2-4-6-12/h2-6,9-10,15H,7-8,19H2,1H3. The summed E-state index contributed by atoms with van der Waals surface area (Å²) in [5.41, 5.74) is 7.74. The van der Waals surface area contributed by atoms with Crippen molar-refractivity contribution in [3.8, 4) is 5.75 Å². The first-order chi connectivity index (χ1) is 9.61. The van der Waals surface area contributed by atoms with Gasteiger partial charge < -0.3 is 10.5 Å². The number of aryl methyl sites for hydroxylation is 1. The Kier molecular flexibility index (Phi) is 5.30. The molecule has 0 spiro atoms. The van der Waals surface area contributed by atoms with Crippen LogP contribution in [0.3, 0.4) is 0 Å². The van der Waals surface area contributed by atoms with E-state index in [0.29, 0.717) is 16.6 Å². The van der Waals surface area contributed by atoms with Crippen molar-refractivity contribution in [1.82, 2.24) is 0 Å².